The van der Waals surface area contributed by atoms with Crippen LogP contribution in [0.1, 0.15) is 6.92 Å². The SMILES string of the molecule is CC(COC(N)=O)[N+](C)(C)C. The van der Waals surface area contributed by atoms with Gasteiger partial charge in [-0.3, -0.25) is 0 Å². The molecule has 0 aromatic heterocycles. The Kier molecular flexibility index (Phi) is 3.32. The molecular formula is C7H17N2O2+. The van der Waals surface area contributed by atoms with Crippen LogP contribution in [0.15, 0.2) is 0 Å². The summed E-state index contributed by atoms with van der Waals surface area (Å²) in [4.78, 5) is 10.2. The second-order valence-electron chi connectivity index (χ2n) is 3.60. The van der Waals surface area contributed by atoms with Crippen LogP contribution in [0.2, 0.25) is 0 Å². The molecule has 0 rings (SSSR count). The number of ether oxygens (including phenoxy) is 1. The second-order valence-corrected chi connectivity index (χ2v) is 3.60. The Hall–Kier alpha value is -0.770. The van der Waals surface area contributed by atoms with Crippen molar-refractivity contribution in [3.05, 3.63) is 0 Å². The van der Waals surface area contributed by atoms with Gasteiger partial charge in [0.2, 0.25) is 0 Å². The molecule has 4 heteroatoms. The number of nitrogens with two attached hydrogens (primary N) is 1. The summed E-state index contributed by atoms with van der Waals surface area (Å²) in [6, 6.07) is 0.266. The number of likely N-dealkylation sites (N-methyl/N-ethyl adjacent to an activating group) is 1. The first-order valence-electron chi connectivity index (χ1n) is 3.57. The van der Waals surface area contributed by atoms with E-state index < -0.39 is 6.09 Å². The van der Waals surface area contributed by atoms with E-state index in [0.717, 1.165) is 4.48 Å². The van der Waals surface area contributed by atoms with Crippen molar-refractivity contribution in [3.63, 3.8) is 0 Å². The van der Waals surface area contributed by atoms with Crippen molar-refractivity contribution in [1.82, 2.24) is 0 Å². The highest BCUT2D eigenvalue weighted by Gasteiger charge is 2.18. The summed E-state index contributed by atoms with van der Waals surface area (Å²) < 4.78 is 5.41. The molecule has 11 heavy (non-hydrogen) atoms. The Labute approximate surface area is 67.5 Å². The number of rotatable bonds is 3. The largest absolute Gasteiger partial charge is 0.443 e. The lowest BCUT2D eigenvalue weighted by atomic mass is 10.3. The van der Waals surface area contributed by atoms with Gasteiger partial charge in [0.1, 0.15) is 12.6 Å². The number of primary amides is 1. The molecule has 0 saturated heterocycles. The molecule has 0 aliphatic carbocycles. The van der Waals surface area contributed by atoms with E-state index >= 15 is 0 Å². The van der Waals surface area contributed by atoms with Gasteiger partial charge in [-0.05, 0) is 6.92 Å². The van der Waals surface area contributed by atoms with Crippen LogP contribution in [0.25, 0.3) is 0 Å². The molecule has 2 N–H and O–H groups in total. The first kappa shape index (κ1) is 10.2. The number of hydrogen-bond acceptors (Lipinski definition) is 2. The quantitative estimate of drug-likeness (QED) is 0.600. The predicted octanol–water partition coefficient (Wildman–Crippen LogP) is 0.176. The Morgan fingerprint density at radius 3 is 2.27 bits per heavy atom. The fourth-order valence-electron chi connectivity index (χ4n) is 0.426. The topological polar surface area (TPSA) is 52.3 Å². The van der Waals surface area contributed by atoms with E-state index in [-0.39, 0.29) is 6.04 Å². The maximum Gasteiger partial charge on any atom is 0.404 e. The van der Waals surface area contributed by atoms with Gasteiger partial charge >= 0.3 is 6.09 Å². The number of amides is 1. The van der Waals surface area contributed by atoms with E-state index in [2.05, 4.69) is 4.74 Å². The summed E-state index contributed by atoms with van der Waals surface area (Å²) in [7, 11) is 6.11. The number of hydrogen-bond donors (Lipinski definition) is 1. The lowest BCUT2D eigenvalue weighted by Gasteiger charge is -2.30. The number of carbonyl (C=O) groups is 1. The smallest absolute Gasteiger partial charge is 0.404 e. The standard InChI is InChI=1S/C7H16N2O2/c1-6(9(2,3)4)5-11-7(8)10/h6H,5H2,1-4H3,(H-,8,10)/p+1. The average Bonchev–Trinajstić information content (AvgIpc) is 1.80. The third-order valence-corrected chi connectivity index (χ3v) is 1.79. The summed E-state index contributed by atoms with van der Waals surface area (Å²) in [5.41, 5.74) is 4.82. The molecule has 0 aliphatic rings. The second kappa shape index (κ2) is 3.57. The molecule has 0 aromatic rings. The van der Waals surface area contributed by atoms with Gasteiger partial charge in [-0.2, -0.15) is 0 Å². The molecule has 4 nitrogen and oxygen atoms in total. The highest BCUT2D eigenvalue weighted by Crippen LogP contribution is 2.01. The van der Waals surface area contributed by atoms with Crippen molar-refractivity contribution in [2.24, 2.45) is 5.73 Å². The maximum atomic E-state index is 10.2. The summed E-state index contributed by atoms with van der Waals surface area (Å²) >= 11 is 0. The molecule has 66 valence electrons. The molecule has 1 atom stereocenters. The summed E-state index contributed by atoms with van der Waals surface area (Å²) in [6.07, 6.45) is -0.703. The predicted molar refractivity (Wildman–Crippen MR) is 43.0 cm³/mol. The number of quaternary nitrogens is 1. The molecule has 0 heterocycles. The van der Waals surface area contributed by atoms with Crippen molar-refractivity contribution in [1.29, 1.82) is 0 Å². The van der Waals surface area contributed by atoms with Crippen LogP contribution < -0.4 is 5.73 Å². The lowest BCUT2D eigenvalue weighted by Crippen LogP contribution is -2.46. The third-order valence-electron chi connectivity index (χ3n) is 1.79. The van der Waals surface area contributed by atoms with Crippen LogP contribution in [-0.4, -0.2) is 44.4 Å². The molecule has 0 radical (unpaired) electrons. The molecule has 0 bridgehead atoms. The zero-order valence-electron chi connectivity index (χ0n) is 7.63. The van der Waals surface area contributed by atoms with Crippen LogP contribution in [0.5, 0.6) is 0 Å². The summed E-state index contributed by atoms with van der Waals surface area (Å²) in [5.74, 6) is 0. The van der Waals surface area contributed by atoms with E-state index in [0.29, 0.717) is 6.61 Å². The fraction of sp³-hybridized carbons (Fsp3) is 0.857. The minimum absolute atomic E-state index is 0.266. The van der Waals surface area contributed by atoms with Crippen molar-refractivity contribution < 1.29 is 14.0 Å². The van der Waals surface area contributed by atoms with Crippen LogP contribution in [0, 0.1) is 0 Å². The molecular weight excluding hydrogens is 144 g/mol. The summed E-state index contributed by atoms with van der Waals surface area (Å²) in [5, 5.41) is 0. The summed E-state index contributed by atoms with van der Waals surface area (Å²) in [6.45, 7) is 2.38. The van der Waals surface area contributed by atoms with Crippen molar-refractivity contribution in [2.45, 2.75) is 13.0 Å². The monoisotopic (exact) mass is 161 g/mol. The van der Waals surface area contributed by atoms with Gasteiger partial charge in [-0.25, -0.2) is 4.79 Å². The van der Waals surface area contributed by atoms with Gasteiger partial charge in [0.15, 0.2) is 0 Å². The van der Waals surface area contributed by atoms with Crippen LogP contribution in [-0.2, 0) is 4.74 Å². The van der Waals surface area contributed by atoms with E-state index in [1.165, 1.54) is 0 Å². The molecule has 0 spiro atoms. The normalized spacial score (nSPS) is 14.2. The Morgan fingerprint density at radius 2 is 2.00 bits per heavy atom. The maximum absolute atomic E-state index is 10.2. The molecule has 0 fully saturated rings. The van der Waals surface area contributed by atoms with Crippen LogP contribution >= 0.6 is 0 Å². The minimum atomic E-state index is -0.703. The third kappa shape index (κ3) is 4.61. The minimum Gasteiger partial charge on any atom is -0.443 e. The van der Waals surface area contributed by atoms with Gasteiger partial charge in [0.25, 0.3) is 0 Å². The zero-order chi connectivity index (χ0) is 9.07. The average molecular weight is 161 g/mol. The van der Waals surface area contributed by atoms with E-state index in [1.807, 2.05) is 28.1 Å². The Balaban J connectivity index is 3.70. The highest BCUT2D eigenvalue weighted by atomic mass is 16.5. The molecule has 1 unspecified atom stereocenters. The van der Waals surface area contributed by atoms with Crippen LogP contribution in [0.4, 0.5) is 4.79 Å². The zero-order valence-corrected chi connectivity index (χ0v) is 7.63. The van der Waals surface area contributed by atoms with Crippen molar-refractivity contribution in [3.8, 4) is 0 Å². The number of carbonyl (C=O) groups excluding carboxylic acids is 1. The van der Waals surface area contributed by atoms with E-state index in [1.54, 1.807) is 0 Å². The Morgan fingerprint density at radius 1 is 1.55 bits per heavy atom. The van der Waals surface area contributed by atoms with E-state index in [4.69, 9.17) is 5.73 Å². The lowest BCUT2D eigenvalue weighted by molar-refractivity contribution is -0.894. The first-order valence-corrected chi connectivity index (χ1v) is 3.57. The van der Waals surface area contributed by atoms with Crippen LogP contribution in [0.3, 0.4) is 0 Å². The molecule has 1 amide bonds. The Bertz CT molecular complexity index is 140. The van der Waals surface area contributed by atoms with Gasteiger partial charge in [0.05, 0.1) is 21.1 Å². The van der Waals surface area contributed by atoms with Gasteiger partial charge in [0, 0.05) is 0 Å². The van der Waals surface area contributed by atoms with E-state index in [9.17, 15) is 4.79 Å². The van der Waals surface area contributed by atoms with Crippen molar-refractivity contribution >= 4 is 6.09 Å². The van der Waals surface area contributed by atoms with Gasteiger partial charge in [-0.1, -0.05) is 0 Å². The van der Waals surface area contributed by atoms with Gasteiger partial charge in [-0.15, -0.1) is 0 Å². The van der Waals surface area contributed by atoms with Crippen molar-refractivity contribution in [2.75, 3.05) is 27.7 Å². The highest BCUT2D eigenvalue weighted by molar-refractivity contribution is 5.64. The fourth-order valence-corrected chi connectivity index (χ4v) is 0.426. The first-order chi connectivity index (χ1) is 4.84. The molecule has 0 aliphatic heterocycles. The molecule has 0 saturated carbocycles. The molecule has 0 aromatic carbocycles. The van der Waals surface area contributed by atoms with Gasteiger partial charge < -0.3 is 15.0 Å². The number of nitrogens with zero attached hydrogens (tertiary/aromatic N) is 1.